The summed E-state index contributed by atoms with van der Waals surface area (Å²) in [4.78, 5) is 16.7. The summed E-state index contributed by atoms with van der Waals surface area (Å²) in [6.07, 6.45) is -1.18. The van der Waals surface area contributed by atoms with Crippen LogP contribution >= 0.6 is 0 Å². The van der Waals surface area contributed by atoms with Crippen molar-refractivity contribution in [2.45, 2.75) is 6.17 Å². The highest BCUT2D eigenvalue weighted by Crippen LogP contribution is 2.22. The molecule has 1 aliphatic heterocycles. The van der Waals surface area contributed by atoms with Gasteiger partial charge in [-0.25, -0.2) is 8.78 Å². The van der Waals surface area contributed by atoms with Gasteiger partial charge in [-0.2, -0.15) is 5.10 Å². The molecule has 0 N–H and O–H groups in total. The number of hydrogen-bond donors (Lipinski definition) is 0. The monoisotopic (exact) mass is 384 g/mol. The lowest BCUT2D eigenvalue weighted by Crippen LogP contribution is -2.49. The number of amides is 1. The SMILES string of the molecule is Cn1nc(C(=O)N2CCN(CC(F)c3ccc(F)cc3)CC2)c2ccccc21. The molecular formula is C21H22F2N4O. The molecule has 0 saturated carbocycles. The third kappa shape index (κ3) is 3.62. The minimum atomic E-state index is -1.18. The van der Waals surface area contributed by atoms with Gasteiger partial charge < -0.3 is 4.90 Å². The standard InChI is InChI=1S/C21H22F2N4O/c1-25-19-5-3-2-4-17(19)20(24-25)21(28)27-12-10-26(11-13-27)14-18(23)15-6-8-16(22)9-7-15/h2-9,18H,10-14H2,1H3. The summed E-state index contributed by atoms with van der Waals surface area (Å²) < 4.78 is 29.2. The van der Waals surface area contributed by atoms with Gasteiger partial charge in [0, 0.05) is 45.2 Å². The molecule has 28 heavy (non-hydrogen) atoms. The molecule has 0 radical (unpaired) electrons. The van der Waals surface area contributed by atoms with E-state index in [1.54, 1.807) is 9.58 Å². The van der Waals surface area contributed by atoms with Crippen LogP contribution in [0.1, 0.15) is 22.2 Å². The van der Waals surface area contributed by atoms with E-state index in [2.05, 4.69) is 5.10 Å². The number of alkyl halides is 1. The normalized spacial score (nSPS) is 16.5. The average Bonchev–Trinajstić information content (AvgIpc) is 3.05. The van der Waals surface area contributed by atoms with Crippen molar-refractivity contribution in [2.24, 2.45) is 7.05 Å². The van der Waals surface area contributed by atoms with E-state index in [0.717, 1.165) is 10.9 Å². The second-order valence-corrected chi connectivity index (χ2v) is 7.10. The van der Waals surface area contributed by atoms with Crippen LogP contribution in [0.5, 0.6) is 0 Å². The fourth-order valence-corrected chi connectivity index (χ4v) is 3.66. The van der Waals surface area contributed by atoms with Crippen molar-refractivity contribution in [1.82, 2.24) is 19.6 Å². The van der Waals surface area contributed by atoms with Crippen LogP contribution in [0.2, 0.25) is 0 Å². The van der Waals surface area contributed by atoms with Crippen LogP contribution in [0, 0.1) is 5.82 Å². The maximum Gasteiger partial charge on any atom is 0.275 e. The minimum absolute atomic E-state index is 0.0909. The van der Waals surface area contributed by atoms with Gasteiger partial charge >= 0.3 is 0 Å². The number of hydrogen-bond acceptors (Lipinski definition) is 3. The van der Waals surface area contributed by atoms with Crippen LogP contribution in [0.4, 0.5) is 8.78 Å². The van der Waals surface area contributed by atoms with Gasteiger partial charge in [-0.15, -0.1) is 0 Å². The second-order valence-electron chi connectivity index (χ2n) is 7.10. The van der Waals surface area contributed by atoms with E-state index >= 15 is 0 Å². The molecule has 1 atom stereocenters. The molecule has 0 spiro atoms. The lowest BCUT2D eigenvalue weighted by atomic mass is 10.1. The number of aryl methyl sites for hydroxylation is 1. The van der Waals surface area contributed by atoms with Crippen LogP contribution in [-0.2, 0) is 7.05 Å². The molecule has 4 rings (SSSR count). The molecule has 1 unspecified atom stereocenters. The van der Waals surface area contributed by atoms with Crippen LogP contribution in [0.25, 0.3) is 10.9 Å². The van der Waals surface area contributed by atoms with Crippen LogP contribution in [0.3, 0.4) is 0 Å². The highest BCUT2D eigenvalue weighted by atomic mass is 19.1. The van der Waals surface area contributed by atoms with Gasteiger partial charge in [0.05, 0.1) is 5.52 Å². The predicted molar refractivity (Wildman–Crippen MR) is 103 cm³/mol. The Morgan fingerprint density at radius 1 is 1.07 bits per heavy atom. The van der Waals surface area contributed by atoms with Crippen LogP contribution in [0.15, 0.2) is 48.5 Å². The Balaban J connectivity index is 1.38. The molecule has 0 aliphatic carbocycles. The molecule has 2 aromatic carbocycles. The number of para-hydroxylation sites is 1. The summed E-state index contributed by atoms with van der Waals surface area (Å²) in [5.41, 5.74) is 1.85. The highest BCUT2D eigenvalue weighted by Gasteiger charge is 2.27. The molecule has 146 valence electrons. The molecule has 3 aromatic rings. The zero-order valence-corrected chi connectivity index (χ0v) is 15.7. The number of halogens is 2. The van der Waals surface area contributed by atoms with Gasteiger partial charge in [-0.05, 0) is 23.8 Å². The topological polar surface area (TPSA) is 41.4 Å². The van der Waals surface area contributed by atoms with Gasteiger partial charge in [0.25, 0.3) is 5.91 Å². The Kier molecular flexibility index (Phi) is 5.09. The molecule has 1 saturated heterocycles. The molecular weight excluding hydrogens is 362 g/mol. The maximum atomic E-state index is 14.5. The minimum Gasteiger partial charge on any atom is -0.335 e. The van der Waals surface area contributed by atoms with Gasteiger partial charge in [-0.3, -0.25) is 14.4 Å². The molecule has 2 heterocycles. The van der Waals surface area contributed by atoms with Gasteiger partial charge in [0.15, 0.2) is 5.69 Å². The first-order valence-corrected chi connectivity index (χ1v) is 9.36. The van der Waals surface area contributed by atoms with Crippen molar-refractivity contribution in [3.8, 4) is 0 Å². The van der Waals surface area contributed by atoms with Crippen molar-refractivity contribution in [1.29, 1.82) is 0 Å². The van der Waals surface area contributed by atoms with Crippen molar-refractivity contribution in [3.05, 3.63) is 65.6 Å². The van der Waals surface area contributed by atoms with E-state index in [0.29, 0.717) is 37.4 Å². The van der Waals surface area contributed by atoms with E-state index in [1.165, 1.54) is 24.3 Å². The van der Waals surface area contributed by atoms with E-state index in [-0.39, 0.29) is 18.3 Å². The predicted octanol–water partition coefficient (Wildman–Crippen LogP) is 3.18. The summed E-state index contributed by atoms with van der Waals surface area (Å²) in [6.45, 7) is 2.48. The number of fused-ring (bicyclic) bond motifs is 1. The molecule has 1 amide bonds. The fourth-order valence-electron chi connectivity index (χ4n) is 3.66. The quantitative estimate of drug-likeness (QED) is 0.694. The Hall–Kier alpha value is -2.80. The number of carbonyl (C=O) groups excluding carboxylic acids is 1. The average molecular weight is 384 g/mol. The van der Waals surface area contributed by atoms with Crippen molar-refractivity contribution in [3.63, 3.8) is 0 Å². The number of carbonyl (C=O) groups is 1. The van der Waals surface area contributed by atoms with E-state index in [9.17, 15) is 13.6 Å². The van der Waals surface area contributed by atoms with E-state index < -0.39 is 6.17 Å². The summed E-state index contributed by atoms with van der Waals surface area (Å²) in [6, 6.07) is 13.2. The van der Waals surface area contributed by atoms with Crippen molar-refractivity contribution in [2.75, 3.05) is 32.7 Å². The third-order valence-corrected chi connectivity index (χ3v) is 5.27. The summed E-state index contributed by atoms with van der Waals surface area (Å²) >= 11 is 0. The Labute approximate surface area is 162 Å². The molecule has 1 fully saturated rings. The molecule has 1 aliphatic rings. The summed E-state index contributed by atoms with van der Waals surface area (Å²) in [7, 11) is 1.83. The third-order valence-electron chi connectivity index (χ3n) is 5.27. The van der Waals surface area contributed by atoms with Crippen molar-refractivity contribution < 1.29 is 13.6 Å². The number of rotatable bonds is 4. The van der Waals surface area contributed by atoms with Gasteiger partial charge in [-0.1, -0.05) is 30.3 Å². The second kappa shape index (κ2) is 7.67. The Morgan fingerprint density at radius 2 is 1.75 bits per heavy atom. The fraction of sp³-hybridized carbons (Fsp3) is 0.333. The van der Waals surface area contributed by atoms with Gasteiger partial charge in [0.2, 0.25) is 0 Å². The largest absolute Gasteiger partial charge is 0.335 e. The Bertz CT molecular complexity index is 978. The zero-order valence-electron chi connectivity index (χ0n) is 15.7. The first-order valence-electron chi connectivity index (χ1n) is 9.36. The zero-order chi connectivity index (χ0) is 19.7. The summed E-state index contributed by atoms with van der Waals surface area (Å²) in [5.74, 6) is -0.461. The number of piperazine rings is 1. The summed E-state index contributed by atoms with van der Waals surface area (Å²) in [5, 5.41) is 5.25. The smallest absolute Gasteiger partial charge is 0.275 e. The molecule has 1 aromatic heterocycles. The number of nitrogens with zero attached hydrogens (tertiary/aromatic N) is 4. The van der Waals surface area contributed by atoms with Crippen LogP contribution < -0.4 is 0 Å². The van der Waals surface area contributed by atoms with Gasteiger partial charge in [0.1, 0.15) is 12.0 Å². The number of aromatic nitrogens is 2. The molecule has 7 heteroatoms. The lowest BCUT2D eigenvalue weighted by Gasteiger charge is -2.35. The molecule has 5 nitrogen and oxygen atoms in total. The van der Waals surface area contributed by atoms with E-state index in [1.807, 2.05) is 36.2 Å². The first kappa shape index (κ1) is 18.6. The maximum absolute atomic E-state index is 14.5. The van der Waals surface area contributed by atoms with Crippen molar-refractivity contribution >= 4 is 16.8 Å². The Morgan fingerprint density at radius 3 is 2.46 bits per heavy atom. The van der Waals surface area contributed by atoms with E-state index in [4.69, 9.17) is 0 Å². The number of benzene rings is 2. The first-order chi connectivity index (χ1) is 13.5. The van der Waals surface area contributed by atoms with Crippen LogP contribution in [-0.4, -0.2) is 58.2 Å². The molecule has 0 bridgehead atoms. The lowest BCUT2D eigenvalue weighted by molar-refractivity contribution is 0.0598. The highest BCUT2D eigenvalue weighted by molar-refractivity contribution is 6.04.